The van der Waals surface area contributed by atoms with Crippen molar-refractivity contribution in [1.29, 1.82) is 0 Å². The van der Waals surface area contributed by atoms with Crippen molar-refractivity contribution in [2.24, 2.45) is 5.73 Å². The summed E-state index contributed by atoms with van der Waals surface area (Å²) in [4.78, 5) is 0. The van der Waals surface area contributed by atoms with Gasteiger partial charge in [0.15, 0.2) is 0 Å². The molecule has 0 spiro atoms. The molecular weight excluding hydrogens is 325 g/mol. The summed E-state index contributed by atoms with van der Waals surface area (Å²) in [5.74, 6) is 1.75. The van der Waals surface area contributed by atoms with E-state index in [2.05, 4.69) is 22.6 Å². The van der Waals surface area contributed by atoms with E-state index in [0.29, 0.717) is 6.54 Å². The van der Waals surface area contributed by atoms with Gasteiger partial charge in [0.05, 0.1) is 3.57 Å². The number of halogens is 1. The minimum absolute atomic E-state index is 0.530. The van der Waals surface area contributed by atoms with Crippen LogP contribution < -0.4 is 10.5 Å². The lowest BCUT2D eigenvalue weighted by Gasteiger charge is -2.11. The summed E-state index contributed by atoms with van der Waals surface area (Å²) in [7, 11) is 0. The van der Waals surface area contributed by atoms with E-state index in [1.54, 1.807) is 0 Å². The topological polar surface area (TPSA) is 35.2 Å². The Morgan fingerprint density at radius 3 is 2.59 bits per heavy atom. The summed E-state index contributed by atoms with van der Waals surface area (Å²) >= 11 is 2.27. The molecule has 0 atom stereocenters. The van der Waals surface area contributed by atoms with Crippen molar-refractivity contribution in [1.82, 2.24) is 0 Å². The number of nitrogens with two attached hydrogens (primary N) is 1. The minimum atomic E-state index is 0.530. The smallest absolute Gasteiger partial charge is 0.140 e. The highest BCUT2D eigenvalue weighted by atomic mass is 127. The first-order valence-electron chi connectivity index (χ1n) is 5.42. The summed E-state index contributed by atoms with van der Waals surface area (Å²) in [6, 6.07) is 14.0. The molecule has 0 aliphatic heterocycles. The minimum Gasteiger partial charge on any atom is -0.456 e. The zero-order valence-corrected chi connectivity index (χ0v) is 11.8. The molecule has 0 amide bonds. The molecule has 0 radical (unpaired) electrons. The lowest BCUT2D eigenvalue weighted by Crippen LogP contribution is -1.97. The first-order valence-corrected chi connectivity index (χ1v) is 6.50. The van der Waals surface area contributed by atoms with Gasteiger partial charge in [0, 0.05) is 6.54 Å². The molecule has 2 aromatic carbocycles. The van der Waals surface area contributed by atoms with Crippen LogP contribution in [0.25, 0.3) is 0 Å². The van der Waals surface area contributed by atoms with Crippen LogP contribution in [0, 0.1) is 10.5 Å². The van der Waals surface area contributed by atoms with Crippen molar-refractivity contribution < 1.29 is 4.74 Å². The highest BCUT2D eigenvalue weighted by Gasteiger charge is 2.05. The molecule has 0 fully saturated rings. The van der Waals surface area contributed by atoms with Crippen LogP contribution in [0.2, 0.25) is 0 Å². The second kappa shape index (κ2) is 5.51. The third kappa shape index (κ3) is 2.98. The summed E-state index contributed by atoms with van der Waals surface area (Å²) in [6.45, 7) is 2.56. The van der Waals surface area contributed by atoms with Crippen molar-refractivity contribution in [3.05, 3.63) is 57.2 Å². The molecule has 0 aliphatic carbocycles. The first-order chi connectivity index (χ1) is 8.20. The molecule has 17 heavy (non-hydrogen) atoms. The summed E-state index contributed by atoms with van der Waals surface area (Å²) in [6.07, 6.45) is 0. The Morgan fingerprint density at radius 1 is 1.12 bits per heavy atom. The van der Waals surface area contributed by atoms with Crippen LogP contribution in [0.1, 0.15) is 11.1 Å². The van der Waals surface area contributed by atoms with Gasteiger partial charge < -0.3 is 10.5 Å². The van der Waals surface area contributed by atoms with Crippen LogP contribution in [0.4, 0.5) is 0 Å². The van der Waals surface area contributed by atoms with Crippen LogP contribution in [-0.4, -0.2) is 0 Å². The van der Waals surface area contributed by atoms with E-state index >= 15 is 0 Å². The van der Waals surface area contributed by atoms with Crippen LogP contribution >= 0.6 is 22.6 Å². The fourth-order valence-corrected chi connectivity index (χ4v) is 2.02. The first kappa shape index (κ1) is 12.4. The number of hydrogen-bond donors (Lipinski definition) is 1. The van der Waals surface area contributed by atoms with E-state index in [1.165, 1.54) is 0 Å². The van der Waals surface area contributed by atoms with Gasteiger partial charge in [0.2, 0.25) is 0 Å². The van der Waals surface area contributed by atoms with E-state index in [-0.39, 0.29) is 0 Å². The third-order valence-corrected chi connectivity index (χ3v) is 3.44. The molecule has 0 saturated heterocycles. The Morgan fingerprint density at radius 2 is 1.88 bits per heavy atom. The summed E-state index contributed by atoms with van der Waals surface area (Å²) < 4.78 is 7.02. The number of benzene rings is 2. The van der Waals surface area contributed by atoms with Crippen molar-refractivity contribution in [2.75, 3.05) is 0 Å². The predicted octanol–water partition coefficient (Wildman–Crippen LogP) is 3.85. The average Bonchev–Trinajstić information content (AvgIpc) is 2.35. The van der Waals surface area contributed by atoms with Gasteiger partial charge in [0.1, 0.15) is 11.5 Å². The van der Waals surface area contributed by atoms with Crippen molar-refractivity contribution in [3.8, 4) is 11.5 Å². The highest BCUT2D eigenvalue weighted by molar-refractivity contribution is 14.1. The molecule has 0 saturated carbocycles. The van der Waals surface area contributed by atoms with E-state index in [0.717, 1.165) is 26.2 Å². The number of rotatable bonds is 3. The van der Waals surface area contributed by atoms with E-state index in [4.69, 9.17) is 10.5 Å². The molecule has 0 heterocycles. The Balaban J connectivity index is 2.32. The Hall–Kier alpha value is -1.07. The Bertz CT molecular complexity index is 525. The molecule has 3 heteroatoms. The lowest BCUT2D eigenvalue weighted by atomic mass is 10.1. The van der Waals surface area contributed by atoms with Gasteiger partial charge in [-0.1, -0.05) is 24.3 Å². The zero-order chi connectivity index (χ0) is 12.3. The maximum atomic E-state index is 5.92. The lowest BCUT2D eigenvalue weighted by molar-refractivity contribution is 0.475. The monoisotopic (exact) mass is 339 g/mol. The van der Waals surface area contributed by atoms with Gasteiger partial charge in [0.25, 0.3) is 0 Å². The molecule has 88 valence electrons. The molecule has 0 bridgehead atoms. The highest BCUT2D eigenvalue weighted by Crippen LogP contribution is 2.29. The number of aryl methyl sites for hydroxylation is 1. The normalized spacial score (nSPS) is 10.3. The number of ether oxygens (including phenoxy) is 1. The second-order valence-electron chi connectivity index (χ2n) is 3.84. The van der Waals surface area contributed by atoms with Gasteiger partial charge in [-0.15, -0.1) is 0 Å². The maximum absolute atomic E-state index is 5.92. The van der Waals surface area contributed by atoms with E-state index < -0.39 is 0 Å². The van der Waals surface area contributed by atoms with Gasteiger partial charge in [-0.05, 0) is 58.8 Å². The van der Waals surface area contributed by atoms with E-state index in [1.807, 2.05) is 49.4 Å². The summed E-state index contributed by atoms with van der Waals surface area (Å²) in [5.41, 5.74) is 7.83. The van der Waals surface area contributed by atoms with E-state index in [9.17, 15) is 0 Å². The largest absolute Gasteiger partial charge is 0.456 e. The van der Waals surface area contributed by atoms with Crippen LogP contribution in [0.5, 0.6) is 11.5 Å². The molecule has 2 nitrogen and oxygen atoms in total. The Kier molecular flexibility index (Phi) is 4.02. The van der Waals surface area contributed by atoms with Gasteiger partial charge in [-0.2, -0.15) is 0 Å². The van der Waals surface area contributed by atoms with Crippen molar-refractivity contribution >= 4 is 22.6 Å². The molecule has 0 unspecified atom stereocenters. The summed E-state index contributed by atoms with van der Waals surface area (Å²) in [5, 5.41) is 0. The third-order valence-electron chi connectivity index (χ3n) is 2.54. The molecule has 0 aromatic heterocycles. The molecule has 2 N–H and O–H groups in total. The number of para-hydroxylation sites is 1. The quantitative estimate of drug-likeness (QED) is 0.862. The Labute approximate surface area is 115 Å². The van der Waals surface area contributed by atoms with Gasteiger partial charge in [-0.25, -0.2) is 0 Å². The van der Waals surface area contributed by atoms with Crippen LogP contribution in [0.3, 0.4) is 0 Å². The molecule has 0 aliphatic rings. The molecular formula is C14H14INO. The second-order valence-corrected chi connectivity index (χ2v) is 5.00. The van der Waals surface area contributed by atoms with Crippen molar-refractivity contribution in [2.45, 2.75) is 13.5 Å². The zero-order valence-electron chi connectivity index (χ0n) is 9.61. The SMILES string of the molecule is Cc1ccc(CN)cc1Oc1ccccc1I. The molecule has 2 aromatic rings. The number of hydrogen-bond acceptors (Lipinski definition) is 2. The molecule has 2 rings (SSSR count). The maximum Gasteiger partial charge on any atom is 0.140 e. The fourth-order valence-electron chi connectivity index (χ4n) is 1.53. The predicted molar refractivity (Wildman–Crippen MR) is 78.3 cm³/mol. The fraction of sp³-hybridized carbons (Fsp3) is 0.143. The van der Waals surface area contributed by atoms with Crippen molar-refractivity contribution in [3.63, 3.8) is 0 Å². The van der Waals surface area contributed by atoms with Gasteiger partial charge >= 0.3 is 0 Å². The van der Waals surface area contributed by atoms with Gasteiger partial charge in [-0.3, -0.25) is 0 Å². The van der Waals surface area contributed by atoms with Crippen LogP contribution in [0.15, 0.2) is 42.5 Å². The standard InChI is InChI=1S/C14H14INO/c1-10-6-7-11(9-16)8-14(10)17-13-5-3-2-4-12(13)15/h2-8H,9,16H2,1H3. The average molecular weight is 339 g/mol. The van der Waals surface area contributed by atoms with Crippen LogP contribution in [-0.2, 0) is 6.54 Å².